The summed E-state index contributed by atoms with van der Waals surface area (Å²) in [6, 6.07) is 3.69. The summed E-state index contributed by atoms with van der Waals surface area (Å²) in [5.74, 6) is 0.249. The molecule has 0 unspecified atom stereocenters. The van der Waals surface area contributed by atoms with Crippen molar-refractivity contribution in [3.63, 3.8) is 0 Å². The summed E-state index contributed by atoms with van der Waals surface area (Å²) < 4.78 is 0. The highest BCUT2D eigenvalue weighted by Crippen LogP contribution is 2.11. The van der Waals surface area contributed by atoms with Gasteiger partial charge in [0.15, 0.2) is 0 Å². The first-order chi connectivity index (χ1) is 9.27. The Labute approximate surface area is 117 Å². The molecule has 5 heteroatoms. The molecule has 1 aromatic heterocycles. The number of thiophene rings is 1. The van der Waals surface area contributed by atoms with Crippen LogP contribution < -0.4 is 5.32 Å². The second-order valence-electron chi connectivity index (χ2n) is 4.78. The van der Waals surface area contributed by atoms with E-state index in [2.05, 4.69) is 5.32 Å². The van der Waals surface area contributed by atoms with Crippen molar-refractivity contribution in [3.05, 3.63) is 22.4 Å². The van der Waals surface area contributed by atoms with Gasteiger partial charge in [0.05, 0.1) is 4.88 Å². The lowest BCUT2D eigenvalue weighted by Gasteiger charge is -2.20. The van der Waals surface area contributed by atoms with Gasteiger partial charge in [0, 0.05) is 26.1 Å². The zero-order valence-corrected chi connectivity index (χ0v) is 11.9. The zero-order chi connectivity index (χ0) is 13.5. The molecule has 104 valence electrons. The minimum atomic E-state index is -0.0165. The van der Waals surface area contributed by atoms with E-state index in [4.69, 9.17) is 0 Å². The van der Waals surface area contributed by atoms with Gasteiger partial charge in [-0.15, -0.1) is 11.3 Å². The topological polar surface area (TPSA) is 49.4 Å². The fourth-order valence-corrected chi connectivity index (χ4v) is 2.88. The number of carbonyl (C=O) groups excluding carboxylic acids is 2. The number of nitrogens with zero attached hydrogens (tertiary/aromatic N) is 1. The number of likely N-dealkylation sites (tertiary alicyclic amines) is 1. The van der Waals surface area contributed by atoms with Crippen molar-refractivity contribution >= 4 is 23.2 Å². The molecule has 0 saturated carbocycles. The van der Waals surface area contributed by atoms with Crippen molar-refractivity contribution in [2.45, 2.75) is 32.1 Å². The molecule has 2 rings (SSSR count). The SMILES string of the molecule is O=C(NCCCN1CCCCCC1=O)c1cccs1. The second kappa shape index (κ2) is 7.28. The molecule has 1 aliphatic heterocycles. The summed E-state index contributed by atoms with van der Waals surface area (Å²) in [7, 11) is 0. The predicted molar refractivity (Wildman–Crippen MR) is 76.3 cm³/mol. The van der Waals surface area contributed by atoms with Crippen molar-refractivity contribution in [1.29, 1.82) is 0 Å². The summed E-state index contributed by atoms with van der Waals surface area (Å²) in [4.78, 5) is 26.1. The van der Waals surface area contributed by atoms with Crippen LogP contribution in [0.5, 0.6) is 0 Å². The van der Waals surface area contributed by atoms with Crippen LogP contribution >= 0.6 is 11.3 Å². The lowest BCUT2D eigenvalue weighted by atomic mass is 10.2. The van der Waals surface area contributed by atoms with Crippen molar-refractivity contribution in [3.8, 4) is 0 Å². The van der Waals surface area contributed by atoms with Gasteiger partial charge in [-0.3, -0.25) is 9.59 Å². The monoisotopic (exact) mass is 280 g/mol. The third-order valence-corrected chi connectivity index (χ3v) is 4.18. The van der Waals surface area contributed by atoms with Gasteiger partial charge in [0.25, 0.3) is 5.91 Å². The van der Waals surface area contributed by atoms with Gasteiger partial charge in [0.2, 0.25) is 5.91 Å². The molecule has 0 aromatic carbocycles. The standard InChI is InChI=1S/C14H20N2O2S/c17-13-7-2-1-3-9-16(13)10-5-8-15-14(18)12-6-4-11-19-12/h4,6,11H,1-3,5,7-10H2,(H,15,18). The zero-order valence-electron chi connectivity index (χ0n) is 11.1. The molecular formula is C14H20N2O2S. The van der Waals surface area contributed by atoms with Crippen molar-refractivity contribution in [2.24, 2.45) is 0 Å². The van der Waals surface area contributed by atoms with E-state index in [-0.39, 0.29) is 11.8 Å². The molecule has 2 amide bonds. The average Bonchev–Trinajstić information content (AvgIpc) is 2.87. The van der Waals surface area contributed by atoms with E-state index in [1.54, 1.807) is 0 Å². The third-order valence-electron chi connectivity index (χ3n) is 3.31. The number of amides is 2. The number of hydrogen-bond acceptors (Lipinski definition) is 3. The van der Waals surface area contributed by atoms with Crippen LogP contribution in [0.2, 0.25) is 0 Å². The van der Waals surface area contributed by atoms with Gasteiger partial charge in [-0.05, 0) is 30.7 Å². The van der Waals surface area contributed by atoms with Gasteiger partial charge in [-0.25, -0.2) is 0 Å². The number of hydrogen-bond donors (Lipinski definition) is 1. The first-order valence-electron chi connectivity index (χ1n) is 6.87. The summed E-state index contributed by atoms with van der Waals surface area (Å²) >= 11 is 1.44. The van der Waals surface area contributed by atoms with Crippen LogP contribution in [0.3, 0.4) is 0 Å². The molecule has 0 atom stereocenters. The second-order valence-corrected chi connectivity index (χ2v) is 5.73. The normalized spacial score (nSPS) is 16.2. The van der Waals surface area contributed by atoms with E-state index in [0.29, 0.717) is 13.0 Å². The van der Waals surface area contributed by atoms with Gasteiger partial charge < -0.3 is 10.2 Å². The van der Waals surface area contributed by atoms with Crippen LogP contribution in [0.1, 0.15) is 41.8 Å². The molecule has 4 nitrogen and oxygen atoms in total. The maximum absolute atomic E-state index is 11.8. The fraction of sp³-hybridized carbons (Fsp3) is 0.571. The summed E-state index contributed by atoms with van der Waals surface area (Å²) in [6.45, 7) is 2.25. The lowest BCUT2D eigenvalue weighted by molar-refractivity contribution is -0.130. The predicted octanol–water partition coefficient (Wildman–Crippen LogP) is 2.27. The van der Waals surface area contributed by atoms with Crippen LogP contribution in [-0.4, -0.2) is 36.3 Å². The fourth-order valence-electron chi connectivity index (χ4n) is 2.24. The summed E-state index contributed by atoms with van der Waals surface area (Å²) in [5, 5.41) is 4.78. The van der Waals surface area contributed by atoms with Crippen LogP contribution in [0, 0.1) is 0 Å². The molecule has 19 heavy (non-hydrogen) atoms. The first-order valence-corrected chi connectivity index (χ1v) is 7.75. The Morgan fingerprint density at radius 2 is 2.26 bits per heavy atom. The lowest BCUT2D eigenvalue weighted by Crippen LogP contribution is -2.33. The summed E-state index contributed by atoms with van der Waals surface area (Å²) in [5.41, 5.74) is 0. The molecule has 2 heterocycles. The van der Waals surface area contributed by atoms with Crippen LogP contribution in [0.25, 0.3) is 0 Å². The van der Waals surface area contributed by atoms with Gasteiger partial charge >= 0.3 is 0 Å². The molecular weight excluding hydrogens is 260 g/mol. The van der Waals surface area contributed by atoms with Crippen molar-refractivity contribution in [1.82, 2.24) is 10.2 Å². The minimum absolute atomic E-state index is 0.0165. The molecule has 0 aliphatic carbocycles. The van der Waals surface area contributed by atoms with Gasteiger partial charge in [0.1, 0.15) is 0 Å². The maximum atomic E-state index is 11.8. The smallest absolute Gasteiger partial charge is 0.261 e. The largest absolute Gasteiger partial charge is 0.351 e. The third kappa shape index (κ3) is 4.35. The van der Waals surface area contributed by atoms with E-state index in [1.807, 2.05) is 22.4 Å². The Balaban J connectivity index is 1.66. The average molecular weight is 280 g/mol. The molecule has 1 aliphatic rings. The van der Waals surface area contributed by atoms with E-state index < -0.39 is 0 Å². The van der Waals surface area contributed by atoms with Crippen molar-refractivity contribution < 1.29 is 9.59 Å². The Hall–Kier alpha value is -1.36. The maximum Gasteiger partial charge on any atom is 0.261 e. The van der Waals surface area contributed by atoms with E-state index in [1.165, 1.54) is 11.3 Å². The minimum Gasteiger partial charge on any atom is -0.351 e. The van der Waals surface area contributed by atoms with E-state index in [9.17, 15) is 9.59 Å². The number of nitrogens with one attached hydrogen (secondary N) is 1. The highest BCUT2D eigenvalue weighted by atomic mass is 32.1. The molecule has 1 saturated heterocycles. The Kier molecular flexibility index (Phi) is 5.39. The molecule has 0 radical (unpaired) electrons. The highest BCUT2D eigenvalue weighted by molar-refractivity contribution is 7.12. The van der Waals surface area contributed by atoms with Crippen LogP contribution in [0.4, 0.5) is 0 Å². The molecule has 0 spiro atoms. The van der Waals surface area contributed by atoms with E-state index >= 15 is 0 Å². The molecule has 1 fully saturated rings. The quantitative estimate of drug-likeness (QED) is 0.841. The number of rotatable bonds is 5. The van der Waals surface area contributed by atoms with Crippen LogP contribution in [0.15, 0.2) is 17.5 Å². The summed E-state index contributed by atoms with van der Waals surface area (Å²) in [6.07, 6.45) is 4.78. The highest BCUT2D eigenvalue weighted by Gasteiger charge is 2.15. The Bertz CT molecular complexity index is 417. The molecule has 1 aromatic rings. The molecule has 1 N–H and O–H groups in total. The van der Waals surface area contributed by atoms with Crippen LogP contribution in [-0.2, 0) is 4.79 Å². The number of carbonyl (C=O) groups is 2. The van der Waals surface area contributed by atoms with E-state index in [0.717, 1.165) is 43.6 Å². The van der Waals surface area contributed by atoms with Gasteiger partial charge in [-0.2, -0.15) is 0 Å². The van der Waals surface area contributed by atoms with Crippen molar-refractivity contribution in [2.75, 3.05) is 19.6 Å². The molecule has 0 bridgehead atoms. The first kappa shape index (κ1) is 14.1. The Morgan fingerprint density at radius 1 is 1.37 bits per heavy atom. The Morgan fingerprint density at radius 3 is 3.05 bits per heavy atom. The van der Waals surface area contributed by atoms with Gasteiger partial charge in [-0.1, -0.05) is 12.5 Å².